The highest BCUT2D eigenvalue weighted by atomic mass is 16.4. The van der Waals surface area contributed by atoms with Crippen LogP contribution in [0.1, 0.15) is 39.5 Å². The van der Waals surface area contributed by atoms with Gasteiger partial charge in [0.25, 0.3) is 0 Å². The van der Waals surface area contributed by atoms with Crippen LogP contribution in [0.2, 0.25) is 0 Å². The molecule has 1 aliphatic carbocycles. The number of aliphatic carboxylic acids is 1. The summed E-state index contributed by atoms with van der Waals surface area (Å²) in [6.45, 7) is 4.92. The third kappa shape index (κ3) is 3.54. The maximum atomic E-state index is 12.3. The molecule has 0 aromatic heterocycles. The fourth-order valence-corrected chi connectivity index (χ4v) is 2.94. The minimum Gasteiger partial charge on any atom is -0.481 e. The summed E-state index contributed by atoms with van der Waals surface area (Å²) < 4.78 is 0. The van der Waals surface area contributed by atoms with Crippen molar-refractivity contribution in [2.45, 2.75) is 45.6 Å². The first-order chi connectivity index (χ1) is 9.90. The number of carboxylic acids is 1. The molecule has 21 heavy (non-hydrogen) atoms. The zero-order valence-corrected chi connectivity index (χ0v) is 12.7. The summed E-state index contributed by atoms with van der Waals surface area (Å²) in [5.74, 6) is -1.72. The van der Waals surface area contributed by atoms with Gasteiger partial charge in [0.15, 0.2) is 0 Å². The topological polar surface area (TPSA) is 86.7 Å². The number of hydrogen-bond acceptors (Lipinski definition) is 3. The molecule has 2 fully saturated rings. The summed E-state index contributed by atoms with van der Waals surface area (Å²) in [5.41, 5.74) is 0. The van der Waals surface area contributed by atoms with Crippen LogP contribution in [0.3, 0.4) is 0 Å². The number of hydrogen-bond donors (Lipinski definition) is 2. The van der Waals surface area contributed by atoms with E-state index in [1.807, 2.05) is 13.8 Å². The first-order valence-electron chi connectivity index (χ1n) is 7.72. The second-order valence-electron chi connectivity index (χ2n) is 6.39. The van der Waals surface area contributed by atoms with Gasteiger partial charge < -0.3 is 15.3 Å². The molecule has 1 saturated carbocycles. The first kappa shape index (κ1) is 15.8. The van der Waals surface area contributed by atoms with Crippen LogP contribution in [-0.2, 0) is 14.4 Å². The van der Waals surface area contributed by atoms with Gasteiger partial charge in [-0.25, -0.2) is 0 Å². The number of carbonyl (C=O) groups excluding carboxylic acids is 2. The lowest BCUT2D eigenvalue weighted by molar-refractivity contribution is -0.157. The van der Waals surface area contributed by atoms with Gasteiger partial charge in [0.2, 0.25) is 11.8 Å². The van der Waals surface area contributed by atoms with Crippen LogP contribution in [-0.4, -0.2) is 46.9 Å². The molecule has 118 valence electrons. The molecule has 0 aromatic rings. The summed E-state index contributed by atoms with van der Waals surface area (Å²) in [6, 6.07) is 0.126. The average Bonchev–Trinajstić information content (AvgIpc) is 2.37. The molecule has 2 unspecified atom stereocenters. The number of nitrogens with one attached hydrogen (secondary N) is 1. The monoisotopic (exact) mass is 296 g/mol. The zero-order valence-electron chi connectivity index (χ0n) is 12.7. The summed E-state index contributed by atoms with van der Waals surface area (Å²) >= 11 is 0. The number of rotatable bonds is 4. The van der Waals surface area contributed by atoms with E-state index in [1.165, 1.54) is 0 Å². The normalized spacial score (nSPS) is 26.3. The molecule has 2 rings (SSSR count). The molecular weight excluding hydrogens is 272 g/mol. The SMILES string of the molecule is CC(C)C(=O)NC1CCN(C(=O)C2CCC2C(=O)O)CC1. The van der Waals surface area contributed by atoms with E-state index in [-0.39, 0.29) is 29.7 Å². The number of nitrogens with zero attached hydrogens (tertiary/aromatic N) is 1. The lowest BCUT2D eigenvalue weighted by atomic mass is 9.72. The van der Waals surface area contributed by atoms with Crippen molar-refractivity contribution in [3.8, 4) is 0 Å². The van der Waals surface area contributed by atoms with Crippen molar-refractivity contribution in [1.82, 2.24) is 10.2 Å². The van der Waals surface area contributed by atoms with Crippen molar-refractivity contribution >= 4 is 17.8 Å². The maximum absolute atomic E-state index is 12.3. The van der Waals surface area contributed by atoms with Gasteiger partial charge in [-0.1, -0.05) is 13.8 Å². The lowest BCUT2D eigenvalue weighted by Crippen LogP contribution is -2.51. The van der Waals surface area contributed by atoms with Crippen molar-refractivity contribution in [2.75, 3.05) is 13.1 Å². The molecule has 1 saturated heterocycles. The molecule has 2 atom stereocenters. The third-order valence-corrected chi connectivity index (χ3v) is 4.59. The Hall–Kier alpha value is -1.59. The number of amides is 2. The Morgan fingerprint density at radius 1 is 1.05 bits per heavy atom. The molecule has 1 aliphatic heterocycles. The van der Waals surface area contributed by atoms with Crippen molar-refractivity contribution in [3.63, 3.8) is 0 Å². The first-order valence-corrected chi connectivity index (χ1v) is 7.72. The highest BCUT2D eigenvalue weighted by Crippen LogP contribution is 2.36. The van der Waals surface area contributed by atoms with E-state index in [4.69, 9.17) is 5.11 Å². The van der Waals surface area contributed by atoms with E-state index in [0.29, 0.717) is 25.9 Å². The Balaban J connectivity index is 1.80. The van der Waals surface area contributed by atoms with Crippen molar-refractivity contribution in [1.29, 1.82) is 0 Å². The van der Waals surface area contributed by atoms with Crippen molar-refractivity contribution in [3.05, 3.63) is 0 Å². The molecule has 2 N–H and O–H groups in total. The zero-order chi connectivity index (χ0) is 15.6. The highest BCUT2D eigenvalue weighted by Gasteiger charge is 2.43. The summed E-state index contributed by atoms with van der Waals surface area (Å²) in [7, 11) is 0. The van der Waals surface area contributed by atoms with E-state index in [1.54, 1.807) is 4.90 Å². The molecule has 0 radical (unpaired) electrons. The molecule has 2 aliphatic rings. The molecule has 2 amide bonds. The number of carbonyl (C=O) groups is 3. The van der Waals surface area contributed by atoms with Gasteiger partial charge in [0, 0.05) is 25.0 Å². The Morgan fingerprint density at radius 3 is 2.05 bits per heavy atom. The fourth-order valence-electron chi connectivity index (χ4n) is 2.94. The lowest BCUT2D eigenvalue weighted by Gasteiger charge is -2.39. The molecule has 6 nitrogen and oxygen atoms in total. The van der Waals surface area contributed by atoms with Crippen molar-refractivity contribution in [2.24, 2.45) is 17.8 Å². The molecule has 0 spiro atoms. The molecular formula is C15H24N2O4. The van der Waals surface area contributed by atoms with Gasteiger partial charge in [0.1, 0.15) is 0 Å². The van der Waals surface area contributed by atoms with Crippen LogP contribution in [0.5, 0.6) is 0 Å². The number of carboxylic acid groups (broad SMARTS) is 1. The number of piperidine rings is 1. The van der Waals surface area contributed by atoms with Crippen LogP contribution in [0.4, 0.5) is 0 Å². The third-order valence-electron chi connectivity index (χ3n) is 4.59. The number of likely N-dealkylation sites (tertiary alicyclic amines) is 1. The minimum atomic E-state index is -0.862. The molecule has 0 bridgehead atoms. The van der Waals surface area contributed by atoms with Crippen LogP contribution in [0.25, 0.3) is 0 Å². The molecule has 6 heteroatoms. The molecule has 0 aromatic carbocycles. The Bertz CT molecular complexity index is 427. The van der Waals surface area contributed by atoms with E-state index in [0.717, 1.165) is 12.8 Å². The second kappa shape index (κ2) is 6.45. The smallest absolute Gasteiger partial charge is 0.307 e. The van der Waals surface area contributed by atoms with E-state index >= 15 is 0 Å². The van der Waals surface area contributed by atoms with Gasteiger partial charge in [-0.05, 0) is 25.7 Å². The van der Waals surface area contributed by atoms with Crippen LogP contribution in [0, 0.1) is 17.8 Å². The van der Waals surface area contributed by atoms with E-state index in [9.17, 15) is 14.4 Å². The Labute approximate surface area is 124 Å². The van der Waals surface area contributed by atoms with Crippen molar-refractivity contribution < 1.29 is 19.5 Å². The minimum absolute atomic E-state index is 0.0257. The fraction of sp³-hybridized carbons (Fsp3) is 0.800. The largest absolute Gasteiger partial charge is 0.481 e. The van der Waals surface area contributed by atoms with Gasteiger partial charge in [-0.3, -0.25) is 14.4 Å². The summed E-state index contributed by atoms with van der Waals surface area (Å²) in [5, 5.41) is 12.0. The molecule has 1 heterocycles. The predicted octanol–water partition coefficient (Wildman–Crippen LogP) is 0.860. The highest BCUT2D eigenvalue weighted by molar-refractivity contribution is 5.86. The van der Waals surface area contributed by atoms with Gasteiger partial charge in [-0.15, -0.1) is 0 Å². The second-order valence-corrected chi connectivity index (χ2v) is 6.39. The summed E-state index contributed by atoms with van der Waals surface area (Å²) in [6.07, 6.45) is 2.77. The van der Waals surface area contributed by atoms with Crippen LogP contribution in [0.15, 0.2) is 0 Å². The van der Waals surface area contributed by atoms with Gasteiger partial charge in [0.05, 0.1) is 11.8 Å². The maximum Gasteiger partial charge on any atom is 0.307 e. The van der Waals surface area contributed by atoms with Gasteiger partial charge in [-0.2, -0.15) is 0 Å². The predicted molar refractivity (Wildman–Crippen MR) is 76.4 cm³/mol. The van der Waals surface area contributed by atoms with E-state index < -0.39 is 11.9 Å². The quantitative estimate of drug-likeness (QED) is 0.805. The average molecular weight is 296 g/mol. The standard InChI is InChI=1S/C15H24N2O4/c1-9(2)13(18)16-10-5-7-17(8-6-10)14(19)11-3-4-12(11)15(20)21/h9-12H,3-8H2,1-2H3,(H,16,18)(H,20,21). The van der Waals surface area contributed by atoms with Crippen LogP contribution >= 0.6 is 0 Å². The van der Waals surface area contributed by atoms with Crippen LogP contribution < -0.4 is 5.32 Å². The van der Waals surface area contributed by atoms with E-state index in [2.05, 4.69) is 5.32 Å². The Morgan fingerprint density at radius 2 is 1.62 bits per heavy atom. The van der Waals surface area contributed by atoms with Gasteiger partial charge >= 0.3 is 5.97 Å². The summed E-state index contributed by atoms with van der Waals surface area (Å²) in [4.78, 5) is 36.7. The Kier molecular flexibility index (Phi) is 4.85.